The molecule has 5 heteroatoms. The van der Waals surface area contributed by atoms with Crippen molar-refractivity contribution in [2.24, 2.45) is 0 Å². The highest BCUT2D eigenvalue weighted by atomic mass is 35.5. The molecule has 114 valence electrons. The van der Waals surface area contributed by atoms with Crippen LogP contribution in [0.1, 0.15) is 12.0 Å². The predicted octanol–water partition coefficient (Wildman–Crippen LogP) is 3.84. The summed E-state index contributed by atoms with van der Waals surface area (Å²) in [6, 6.07) is 11.8. The number of carbonyl (C=O) groups is 1. The minimum absolute atomic E-state index is 0.169. The Morgan fingerprint density at radius 1 is 1.23 bits per heavy atom. The number of anilines is 1. The maximum Gasteiger partial charge on any atom is 0.265 e. The number of ether oxygens (including phenoxy) is 1. The number of nitrogens with zero attached hydrogens (tertiary/aromatic N) is 1. The van der Waals surface area contributed by atoms with Crippen LogP contribution in [0.25, 0.3) is 0 Å². The first-order valence-corrected chi connectivity index (χ1v) is 7.49. The smallest absolute Gasteiger partial charge is 0.265 e. The number of benzene rings is 2. The van der Waals surface area contributed by atoms with Gasteiger partial charge < -0.3 is 9.64 Å². The van der Waals surface area contributed by atoms with Crippen molar-refractivity contribution in [3.63, 3.8) is 0 Å². The van der Waals surface area contributed by atoms with E-state index in [1.807, 2.05) is 6.07 Å². The first-order chi connectivity index (χ1) is 10.7. The number of halogens is 2. The number of carbonyl (C=O) groups excluding carboxylic acids is 1. The molecular weight excluding hydrogens is 305 g/mol. The molecule has 0 aromatic heterocycles. The van der Waals surface area contributed by atoms with Gasteiger partial charge >= 0.3 is 0 Å². The van der Waals surface area contributed by atoms with E-state index in [9.17, 15) is 9.18 Å². The van der Waals surface area contributed by atoms with Crippen LogP contribution in [0.5, 0.6) is 5.75 Å². The van der Waals surface area contributed by atoms with Gasteiger partial charge in [0.2, 0.25) is 0 Å². The van der Waals surface area contributed by atoms with Crippen molar-refractivity contribution in [3.05, 3.63) is 58.9 Å². The zero-order chi connectivity index (χ0) is 15.5. The first-order valence-electron chi connectivity index (χ1n) is 7.12. The second kappa shape index (κ2) is 6.36. The minimum Gasteiger partial charge on any atom is -0.482 e. The third-order valence-electron chi connectivity index (χ3n) is 3.66. The van der Waals surface area contributed by atoms with E-state index in [0.29, 0.717) is 23.0 Å². The largest absolute Gasteiger partial charge is 0.482 e. The van der Waals surface area contributed by atoms with Gasteiger partial charge in [-0.25, -0.2) is 4.39 Å². The molecular formula is C17H15ClFNO2. The van der Waals surface area contributed by atoms with Crippen LogP contribution in [0.15, 0.2) is 42.5 Å². The van der Waals surface area contributed by atoms with E-state index < -0.39 is 0 Å². The van der Waals surface area contributed by atoms with E-state index >= 15 is 0 Å². The van der Waals surface area contributed by atoms with Crippen molar-refractivity contribution in [2.75, 3.05) is 18.1 Å². The lowest BCUT2D eigenvalue weighted by Gasteiger charge is -2.29. The molecule has 0 bridgehead atoms. The quantitative estimate of drug-likeness (QED) is 0.860. The van der Waals surface area contributed by atoms with Crippen molar-refractivity contribution in [3.8, 4) is 5.75 Å². The molecule has 0 spiro atoms. The van der Waals surface area contributed by atoms with Crippen LogP contribution >= 0.6 is 11.6 Å². The lowest BCUT2D eigenvalue weighted by Crippen LogP contribution is -2.39. The molecule has 1 aliphatic heterocycles. The molecule has 0 N–H and O–H groups in total. The number of para-hydroxylation sites is 2. The minimum atomic E-state index is -0.372. The summed E-state index contributed by atoms with van der Waals surface area (Å²) in [5.41, 5.74) is 1.24. The summed E-state index contributed by atoms with van der Waals surface area (Å²) in [6.07, 6.45) is 1.59. The second-order valence-corrected chi connectivity index (χ2v) is 5.52. The molecule has 0 saturated carbocycles. The van der Waals surface area contributed by atoms with E-state index in [4.69, 9.17) is 16.3 Å². The van der Waals surface area contributed by atoms with Crippen molar-refractivity contribution in [1.82, 2.24) is 0 Å². The SMILES string of the molecule is O=C(COc1ccccc1Cl)N1CCCc2cccc(F)c21. The number of aryl methyl sites for hydroxylation is 1. The summed E-state index contributed by atoms with van der Waals surface area (Å²) >= 11 is 5.99. The number of amides is 1. The number of fused-ring (bicyclic) bond motifs is 1. The van der Waals surface area contributed by atoms with E-state index in [0.717, 1.165) is 18.4 Å². The van der Waals surface area contributed by atoms with Gasteiger partial charge in [-0.2, -0.15) is 0 Å². The molecule has 3 nitrogen and oxygen atoms in total. The van der Waals surface area contributed by atoms with Gasteiger partial charge in [0.1, 0.15) is 11.6 Å². The summed E-state index contributed by atoms with van der Waals surface area (Å²) in [5.74, 6) is -0.197. The number of hydrogen-bond donors (Lipinski definition) is 0. The van der Waals surface area contributed by atoms with Crippen LogP contribution in [0.4, 0.5) is 10.1 Å². The number of rotatable bonds is 3. The first kappa shape index (κ1) is 14.9. The summed E-state index contributed by atoms with van der Waals surface area (Å²) < 4.78 is 19.5. The Morgan fingerprint density at radius 3 is 2.86 bits per heavy atom. The predicted molar refractivity (Wildman–Crippen MR) is 84.0 cm³/mol. The summed E-state index contributed by atoms with van der Waals surface area (Å²) in [7, 11) is 0. The van der Waals surface area contributed by atoms with Crippen LogP contribution < -0.4 is 9.64 Å². The molecule has 2 aromatic carbocycles. The molecule has 1 heterocycles. The molecule has 0 atom stereocenters. The zero-order valence-electron chi connectivity index (χ0n) is 11.9. The van der Waals surface area contributed by atoms with Gasteiger partial charge in [0.05, 0.1) is 10.7 Å². The zero-order valence-corrected chi connectivity index (χ0v) is 12.6. The van der Waals surface area contributed by atoms with Crippen molar-refractivity contribution in [1.29, 1.82) is 0 Å². The van der Waals surface area contributed by atoms with Gasteiger partial charge in [-0.1, -0.05) is 35.9 Å². The Balaban J connectivity index is 1.76. The van der Waals surface area contributed by atoms with Gasteiger partial charge in [-0.15, -0.1) is 0 Å². The maximum absolute atomic E-state index is 14.1. The van der Waals surface area contributed by atoms with E-state index in [1.54, 1.807) is 30.3 Å². The Labute approximate surface area is 133 Å². The molecule has 2 aromatic rings. The summed E-state index contributed by atoms with van der Waals surface area (Å²) in [5, 5.41) is 0.445. The topological polar surface area (TPSA) is 29.5 Å². The third kappa shape index (κ3) is 2.92. The summed E-state index contributed by atoms with van der Waals surface area (Å²) in [6.45, 7) is 0.330. The highest BCUT2D eigenvalue weighted by Gasteiger charge is 2.25. The van der Waals surface area contributed by atoms with Gasteiger partial charge in [-0.05, 0) is 36.6 Å². The normalized spacial score (nSPS) is 13.6. The average molecular weight is 320 g/mol. The van der Waals surface area contributed by atoms with Crippen molar-refractivity contribution >= 4 is 23.2 Å². The van der Waals surface area contributed by atoms with Gasteiger partial charge in [-0.3, -0.25) is 4.79 Å². The molecule has 0 saturated heterocycles. The fourth-order valence-electron chi connectivity index (χ4n) is 2.63. The molecule has 1 aliphatic rings. The van der Waals surface area contributed by atoms with Crippen LogP contribution in [0, 0.1) is 5.82 Å². The molecule has 0 fully saturated rings. The van der Waals surface area contributed by atoms with Crippen molar-refractivity contribution < 1.29 is 13.9 Å². The lowest BCUT2D eigenvalue weighted by atomic mass is 10.0. The fourth-order valence-corrected chi connectivity index (χ4v) is 2.82. The van der Waals surface area contributed by atoms with Crippen LogP contribution in [-0.4, -0.2) is 19.1 Å². The molecule has 22 heavy (non-hydrogen) atoms. The van der Waals surface area contributed by atoms with Gasteiger partial charge in [0.25, 0.3) is 5.91 Å². The van der Waals surface area contributed by atoms with Crippen LogP contribution in [0.2, 0.25) is 5.02 Å². The highest BCUT2D eigenvalue weighted by molar-refractivity contribution is 6.32. The third-order valence-corrected chi connectivity index (χ3v) is 3.97. The van der Waals surface area contributed by atoms with Crippen LogP contribution in [0.3, 0.4) is 0 Å². The average Bonchev–Trinajstić information content (AvgIpc) is 2.53. The molecule has 0 aliphatic carbocycles. The molecule has 0 radical (unpaired) electrons. The van der Waals surface area contributed by atoms with Gasteiger partial charge in [0.15, 0.2) is 6.61 Å². The van der Waals surface area contributed by atoms with E-state index in [2.05, 4.69) is 0 Å². The Kier molecular flexibility index (Phi) is 4.29. The molecule has 3 rings (SSSR count). The Morgan fingerprint density at radius 2 is 2.05 bits per heavy atom. The molecule has 1 amide bonds. The maximum atomic E-state index is 14.1. The number of hydrogen-bond acceptors (Lipinski definition) is 2. The fraction of sp³-hybridized carbons (Fsp3) is 0.235. The van der Waals surface area contributed by atoms with Crippen LogP contribution in [-0.2, 0) is 11.2 Å². The van der Waals surface area contributed by atoms with Gasteiger partial charge in [0, 0.05) is 6.54 Å². The standard InChI is InChI=1S/C17H15ClFNO2/c18-13-7-1-2-9-15(13)22-11-16(21)20-10-4-6-12-5-3-8-14(19)17(12)20/h1-3,5,7-9H,4,6,10-11H2. The monoisotopic (exact) mass is 319 g/mol. The van der Waals surface area contributed by atoms with E-state index in [-0.39, 0.29) is 18.3 Å². The Bertz CT molecular complexity index is 705. The lowest BCUT2D eigenvalue weighted by molar-refractivity contribution is -0.120. The van der Waals surface area contributed by atoms with E-state index in [1.165, 1.54) is 11.0 Å². The second-order valence-electron chi connectivity index (χ2n) is 5.12. The summed E-state index contributed by atoms with van der Waals surface area (Å²) in [4.78, 5) is 13.9. The Hall–Kier alpha value is -2.07. The molecule has 0 unspecified atom stereocenters. The van der Waals surface area contributed by atoms with Crippen molar-refractivity contribution in [2.45, 2.75) is 12.8 Å². The highest BCUT2D eigenvalue weighted by Crippen LogP contribution is 2.30.